The SMILES string of the molecule is CC(CCC1CCCC1)NC(C)(C)C(C)O. The molecular weight excluding hydrogens is 198 g/mol. The Morgan fingerprint density at radius 2 is 1.81 bits per heavy atom. The molecule has 0 aromatic carbocycles. The summed E-state index contributed by atoms with van der Waals surface area (Å²) in [5.74, 6) is 0.971. The zero-order valence-corrected chi connectivity index (χ0v) is 11.4. The Balaban J connectivity index is 2.21. The first-order valence-corrected chi connectivity index (χ1v) is 6.87. The molecular formula is C14H29NO. The van der Waals surface area contributed by atoms with Crippen molar-refractivity contribution in [3.63, 3.8) is 0 Å². The fourth-order valence-electron chi connectivity index (χ4n) is 2.61. The van der Waals surface area contributed by atoms with Crippen molar-refractivity contribution in [1.29, 1.82) is 0 Å². The van der Waals surface area contributed by atoms with Crippen LogP contribution in [0, 0.1) is 5.92 Å². The maximum atomic E-state index is 9.65. The molecule has 0 spiro atoms. The predicted octanol–water partition coefficient (Wildman–Crippen LogP) is 3.09. The molecule has 1 aliphatic rings. The van der Waals surface area contributed by atoms with Gasteiger partial charge in [-0.25, -0.2) is 0 Å². The molecule has 0 aromatic heterocycles. The van der Waals surface area contributed by atoms with Crippen molar-refractivity contribution in [3.8, 4) is 0 Å². The Morgan fingerprint density at radius 3 is 2.31 bits per heavy atom. The monoisotopic (exact) mass is 227 g/mol. The van der Waals surface area contributed by atoms with Crippen LogP contribution in [0.25, 0.3) is 0 Å². The zero-order valence-electron chi connectivity index (χ0n) is 11.4. The summed E-state index contributed by atoms with van der Waals surface area (Å²) < 4.78 is 0. The molecule has 0 radical (unpaired) electrons. The molecule has 0 saturated heterocycles. The van der Waals surface area contributed by atoms with Gasteiger partial charge in [-0.1, -0.05) is 25.7 Å². The van der Waals surface area contributed by atoms with E-state index in [1.54, 1.807) is 0 Å². The van der Waals surface area contributed by atoms with Crippen molar-refractivity contribution in [2.45, 2.75) is 83.9 Å². The lowest BCUT2D eigenvalue weighted by Crippen LogP contribution is -2.51. The van der Waals surface area contributed by atoms with Gasteiger partial charge < -0.3 is 10.4 Å². The Morgan fingerprint density at radius 1 is 1.25 bits per heavy atom. The lowest BCUT2D eigenvalue weighted by atomic mass is 9.94. The summed E-state index contributed by atoms with van der Waals surface area (Å²) in [6, 6.07) is 0.505. The van der Waals surface area contributed by atoms with E-state index in [0.29, 0.717) is 6.04 Å². The third-order valence-electron chi connectivity index (χ3n) is 4.15. The molecule has 0 amide bonds. The van der Waals surface area contributed by atoms with Crippen LogP contribution in [-0.4, -0.2) is 22.8 Å². The first-order valence-electron chi connectivity index (χ1n) is 6.87. The molecule has 0 aliphatic heterocycles. The number of nitrogens with one attached hydrogen (secondary N) is 1. The predicted molar refractivity (Wildman–Crippen MR) is 69.5 cm³/mol. The van der Waals surface area contributed by atoms with E-state index in [0.717, 1.165) is 5.92 Å². The molecule has 1 rings (SSSR count). The normalized spacial score (nSPS) is 22.3. The molecule has 0 aromatic rings. The van der Waals surface area contributed by atoms with Gasteiger partial charge in [0.05, 0.1) is 6.10 Å². The molecule has 1 fully saturated rings. The number of aliphatic hydroxyl groups is 1. The Bertz CT molecular complexity index is 195. The van der Waals surface area contributed by atoms with E-state index in [4.69, 9.17) is 0 Å². The minimum absolute atomic E-state index is 0.172. The fraction of sp³-hybridized carbons (Fsp3) is 1.00. The van der Waals surface area contributed by atoms with Gasteiger partial charge in [0.1, 0.15) is 0 Å². The van der Waals surface area contributed by atoms with Gasteiger partial charge in [-0.15, -0.1) is 0 Å². The standard InChI is InChI=1S/C14H29NO/c1-11(15-14(3,4)12(2)16)9-10-13-7-5-6-8-13/h11-13,15-16H,5-10H2,1-4H3. The molecule has 2 N–H and O–H groups in total. The smallest absolute Gasteiger partial charge is 0.0688 e. The van der Waals surface area contributed by atoms with Gasteiger partial charge in [0, 0.05) is 11.6 Å². The minimum Gasteiger partial charge on any atom is -0.392 e. The van der Waals surface area contributed by atoms with Crippen LogP contribution in [0.3, 0.4) is 0 Å². The first-order chi connectivity index (χ1) is 7.42. The van der Waals surface area contributed by atoms with Crippen molar-refractivity contribution in [3.05, 3.63) is 0 Å². The highest BCUT2D eigenvalue weighted by Crippen LogP contribution is 2.29. The quantitative estimate of drug-likeness (QED) is 0.731. The maximum Gasteiger partial charge on any atom is 0.0688 e. The van der Waals surface area contributed by atoms with E-state index in [2.05, 4.69) is 26.1 Å². The van der Waals surface area contributed by atoms with Gasteiger partial charge in [-0.3, -0.25) is 0 Å². The second-order valence-electron chi connectivity index (χ2n) is 6.17. The zero-order chi connectivity index (χ0) is 12.2. The summed E-state index contributed by atoms with van der Waals surface area (Å²) in [5.41, 5.74) is -0.172. The van der Waals surface area contributed by atoms with Gasteiger partial charge >= 0.3 is 0 Å². The molecule has 0 heterocycles. The van der Waals surface area contributed by atoms with Gasteiger partial charge in [0.25, 0.3) is 0 Å². The summed E-state index contributed by atoms with van der Waals surface area (Å²) in [6.45, 7) is 8.24. The van der Waals surface area contributed by atoms with E-state index in [-0.39, 0.29) is 11.6 Å². The topological polar surface area (TPSA) is 32.3 Å². The molecule has 2 atom stereocenters. The molecule has 2 heteroatoms. The Labute approximate surface area is 101 Å². The van der Waals surface area contributed by atoms with Gasteiger partial charge in [-0.05, 0) is 46.5 Å². The number of rotatable bonds is 6. The third-order valence-corrected chi connectivity index (χ3v) is 4.15. The van der Waals surface area contributed by atoms with Crippen LogP contribution in [0.2, 0.25) is 0 Å². The Kier molecular flexibility index (Phi) is 5.26. The molecule has 2 unspecified atom stereocenters. The van der Waals surface area contributed by atoms with E-state index >= 15 is 0 Å². The van der Waals surface area contributed by atoms with Crippen molar-refractivity contribution in [2.75, 3.05) is 0 Å². The van der Waals surface area contributed by atoms with E-state index in [9.17, 15) is 5.11 Å². The molecule has 16 heavy (non-hydrogen) atoms. The molecule has 96 valence electrons. The van der Waals surface area contributed by atoms with Gasteiger partial charge in [0.2, 0.25) is 0 Å². The highest BCUT2D eigenvalue weighted by molar-refractivity contribution is 4.85. The first kappa shape index (κ1) is 14.0. The Hall–Kier alpha value is -0.0800. The molecule has 0 bridgehead atoms. The fourth-order valence-corrected chi connectivity index (χ4v) is 2.61. The third kappa shape index (κ3) is 4.42. The largest absolute Gasteiger partial charge is 0.392 e. The van der Waals surface area contributed by atoms with Crippen LogP contribution < -0.4 is 5.32 Å². The molecule has 2 nitrogen and oxygen atoms in total. The number of hydrogen-bond acceptors (Lipinski definition) is 2. The lowest BCUT2D eigenvalue weighted by molar-refractivity contribution is 0.0879. The van der Waals surface area contributed by atoms with Crippen molar-refractivity contribution in [1.82, 2.24) is 5.32 Å². The number of hydrogen-bond donors (Lipinski definition) is 2. The summed E-state index contributed by atoms with van der Waals surface area (Å²) in [6.07, 6.45) is 8.03. The van der Waals surface area contributed by atoms with E-state index < -0.39 is 0 Å². The van der Waals surface area contributed by atoms with Gasteiger partial charge in [-0.2, -0.15) is 0 Å². The summed E-state index contributed by atoms with van der Waals surface area (Å²) in [7, 11) is 0. The average molecular weight is 227 g/mol. The minimum atomic E-state index is -0.304. The van der Waals surface area contributed by atoms with Crippen LogP contribution in [0.4, 0.5) is 0 Å². The van der Waals surface area contributed by atoms with Crippen LogP contribution in [-0.2, 0) is 0 Å². The highest BCUT2D eigenvalue weighted by Gasteiger charge is 2.25. The van der Waals surface area contributed by atoms with Crippen LogP contribution in [0.1, 0.15) is 66.2 Å². The van der Waals surface area contributed by atoms with Crippen molar-refractivity contribution >= 4 is 0 Å². The average Bonchev–Trinajstić information content (AvgIpc) is 2.66. The van der Waals surface area contributed by atoms with Crippen LogP contribution in [0.15, 0.2) is 0 Å². The lowest BCUT2D eigenvalue weighted by Gasteiger charge is -2.33. The number of aliphatic hydroxyl groups excluding tert-OH is 1. The van der Waals surface area contributed by atoms with Crippen LogP contribution >= 0.6 is 0 Å². The van der Waals surface area contributed by atoms with E-state index in [1.807, 2.05) is 6.92 Å². The second kappa shape index (κ2) is 6.02. The van der Waals surface area contributed by atoms with Gasteiger partial charge in [0.15, 0.2) is 0 Å². The maximum absolute atomic E-state index is 9.65. The highest BCUT2D eigenvalue weighted by atomic mass is 16.3. The van der Waals surface area contributed by atoms with Crippen LogP contribution in [0.5, 0.6) is 0 Å². The second-order valence-corrected chi connectivity index (χ2v) is 6.17. The molecule has 1 aliphatic carbocycles. The summed E-state index contributed by atoms with van der Waals surface area (Å²) in [4.78, 5) is 0. The summed E-state index contributed by atoms with van der Waals surface area (Å²) in [5, 5.41) is 13.2. The van der Waals surface area contributed by atoms with Crippen molar-refractivity contribution in [2.24, 2.45) is 5.92 Å². The van der Waals surface area contributed by atoms with E-state index in [1.165, 1.54) is 38.5 Å². The van der Waals surface area contributed by atoms with Crippen molar-refractivity contribution < 1.29 is 5.11 Å². The summed E-state index contributed by atoms with van der Waals surface area (Å²) >= 11 is 0. The molecule has 1 saturated carbocycles.